The first-order valence-electron chi connectivity index (χ1n) is 6.71. The van der Waals surface area contributed by atoms with Gasteiger partial charge in [0.25, 0.3) is 0 Å². The van der Waals surface area contributed by atoms with Crippen LogP contribution in [-0.2, 0) is 0 Å². The highest BCUT2D eigenvalue weighted by atomic mass is 32.2. The van der Waals surface area contributed by atoms with Gasteiger partial charge in [0.2, 0.25) is 5.82 Å². The predicted molar refractivity (Wildman–Crippen MR) is 83.8 cm³/mol. The Morgan fingerprint density at radius 2 is 2.30 bits per heavy atom. The lowest BCUT2D eigenvalue weighted by Gasteiger charge is -2.37. The van der Waals surface area contributed by atoms with E-state index in [4.69, 9.17) is 0 Å². The van der Waals surface area contributed by atoms with E-state index in [9.17, 15) is 10.1 Å². The zero-order valence-corrected chi connectivity index (χ0v) is 12.9. The summed E-state index contributed by atoms with van der Waals surface area (Å²) >= 11 is 1.89. The van der Waals surface area contributed by atoms with E-state index < -0.39 is 0 Å². The number of anilines is 2. The molecule has 110 valence electrons. The van der Waals surface area contributed by atoms with Gasteiger partial charge < -0.3 is 10.2 Å². The molecule has 1 N–H and O–H groups in total. The molecule has 6 nitrogen and oxygen atoms in total. The molecule has 1 aliphatic heterocycles. The summed E-state index contributed by atoms with van der Waals surface area (Å²) in [5.41, 5.74) is 0.0781. The average molecular weight is 296 g/mol. The number of pyridine rings is 1. The monoisotopic (exact) mass is 296 g/mol. The van der Waals surface area contributed by atoms with Crippen LogP contribution in [-0.4, -0.2) is 40.0 Å². The van der Waals surface area contributed by atoms with Gasteiger partial charge in [-0.2, -0.15) is 11.8 Å². The minimum Gasteiger partial charge on any atom is -0.370 e. The van der Waals surface area contributed by atoms with Crippen molar-refractivity contribution in [2.45, 2.75) is 25.5 Å². The van der Waals surface area contributed by atoms with Crippen LogP contribution in [0.5, 0.6) is 0 Å². The zero-order chi connectivity index (χ0) is 14.8. The molecule has 0 aromatic carbocycles. The lowest BCUT2D eigenvalue weighted by atomic mass is 10.2. The molecule has 0 unspecified atom stereocenters. The van der Waals surface area contributed by atoms with Crippen LogP contribution in [0.3, 0.4) is 0 Å². The molecule has 0 radical (unpaired) electrons. The maximum Gasteiger partial charge on any atom is 0.311 e. The van der Waals surface area contributed by atoms with Crippen LogP contribution >= 0.6 is 11.8 Å². The maximum atomic E-state index is 11.2. The topological polar surface area (TPSA) is 71.3 Å². The Kier molecular flexibility index (Phi) is 4.37. The zero-order valence-electron chi connectivity index (χ0n) is 12.0. The highest BCUT2D eigenvalue weighted by Crippen LogP contribution is 2.35. The molecule has 7 heteroatoms. The van der Waals surface area contributed by atoms with Crippen molar-refractivity contribution >= 4 is 29.1 Å². The number of nitro groups is 1. The number of thioether (sulfide) groups is 1. The number of rotatable bonds is 4. The highest BCUT2D eigenvalue weighted by Gasteiger charge is 2.31. The van der Waals surface area contributed by atoms with Crippen molar-refractivity contribution in [3.63, 3.8) is 0 Å². The minimum atomic E-state index is -0.354. The fourth-order valence-electron chi connectivity index (χ4n) is 2.29. The van der Waals surface area contributed by atoms with E-state index in [0.717, 1.165) is 25.4 Å². The second-order valence-corrected chi connectivity index (χ2v) is 7.16. The summed E-state index contributed by atoms with van der Waals surface area (Å²) in [5, 5.41) is 14.3. The fraction of sp³-hybridized carbons (Fsp3) is 0.615. The summed E-state index contributed by atoms with van der Waals surface area (Å²) in [5.74, 6) is 2.11. The molecule has 1 aromatic rings. The Hall–Kier alpha value is -1.50. The molecular formula is C13H20N4O2S. The lowest BCUT2D eigenvalue weighted by molar-refractivity contribution is -0.384. The summed E-state index contributed by atoms with van der Waals surface area (Å²) in [6, 6.07) is 3.20. The van der Waals surface area contributed by atoms with Gasteiger partial charge in [0.05, 0.1) is 4.92 Å². The van der Waals surface area contributed by atoms with Crippen LogP contribution in [0, 0.1) is 10.1 Å². The van der Waals surface area contributed by atoms with Gasteiger partial charge in [0, 0.05) is 36.2 Å². The minimum absolute atomic E-state index is 0.0781. The Bertz CT molecular complexity index is 507. The molecule has 0 aliphatic carbocycles. The van der Waals surface area contributed by atoms with Gasteiger partial charge in [-0.3, -0.25) is 10.1 Å². The third-order valence-corrected chi connectivity index (χ3v) is 4.43. The average Bonchev–Trinajstić information content (AvgIpc) is 2.37. The molecule has 1 aromatic heterocycles. The van der Waals surface area contributed by atoms with E-state index in [-0.39, 0.29) is 15.4 Å². The molecule has 0 amide bonds. The molecule has 0 spiro atoms. The van der Waals surface area contributed by atoms with Gasteiger partial charge in [-0.1, -0.05) is 0 Å². The van der Waals surface area contributed by atoms with Crippen LogP contribution in [0.1, 0.15) is 20.8 Å². The second-order valence-electron chi connectivity index (χ2n) is 5.36. The third-order valence-electron chi connectivity index (χ3n) is 3.13. The quantitative estimate of drug-likeness (QED) is 0.680. The first-order valence-corrected chi connectivity index (χ1v) is 7.70. The van der Waals surface area contributed by atoms with E-state index >= 15 is 0 Å². The smallest absolute Gasteiger partial charge is 0.311 e. The van der Waals surface area contributed by atoms with E-state index in [1.165, 1.54) is 6.07 Å². The van der Waals surface area contributed by atoms with Crippen LogP contribution in [0.4, 0.5) is 17.3 Å². The van der Waals surface area contributed by atoms with Crippen LogP contribution in [0.25, 0.3) is 0 Å². The van der Waals surface area contributed by atoms with Gasteiger partial charge in [0.15, 0.2) is 0 Å². The molecule has 2 heterocycles. The Morgan fingerprint density at radius 1 is 1.55 bits per heavy atom. The fourth-order valence-corrected chi connectivity index (χ4v) is 3.40. The van der Waals surface area contributed by atoms with Crippen LogP contribution in [0.15, 0.2) is 12.1 Å². The molecular weight excluding hydrogens is 276 g/mol. The van der Waals surface area contributed by atoms with Crippen molar-refractivity contribution in [2.75, 3.05) is 35.6 Å². The highest BCUT2D eigenvalue weighted by molar-refractivity contribution is 8.00. The van der Waals surface area contributed by atoms with Gasteiger partial charge in [0.1, 0.15) is 5.82 Å². The maximum absolute atomic E-state index is 11.2. The normalized spacial score (nSPS) is 17.9. The summed E-state index contributed by atoms with van der Waals surface area (Å²) < 4.78 is 0.0853. The molecule has 1 aliphatic rings. The Balaban J connectivity index is 2.36. The van der Waals surface area contributed by atoms with E-state index in [2.05, 4.69) is 24.1 Å². The van der Waals surface area contributed by atoms with Crippen molar-refractivity contribution in [2.24, 2.45) is 0 Å². The van der Waals surface area contributed by atoms with Crippen molar-refractivity contribution in [1.29, 1.82) is 0 Å². The largest absolute Gasteiger partial charge is 0.370 e. The standard InChI is InChI=1S/C13H20N4O2S/c1-4-14-11-6-5-10(17(18)19)12(15-11)16-7-8-20-13(2,3)9-16/h5-6H,4,7-9H2,1-3H3,(H,14,15). The molecule has 2 rings (SSSR count). The van der Waals surface area contributed by atoms with Crippen molar-refractivity contribution in [3.05, 3.63) is 22.2 Å². The van der Waals surface area contributed by atoms with Crippen molar-refractivity contribution < 1.29 is 4.92 Å². The summed E-state index contributed by atoms with van der Waals surface area (Å²) in [4.78, 5) is 17.3. The number of aromatic nitrogens is 1. The molecule has 0 bridgehead atoms. The molecule has 20 heavy (non-hydrogen) atoms. The molecule has 0 saturated carbocycles. The first-order chi connectivity index (χ1) is 9.43. The molecule has 1 fully saturated rings. The summed E-state index contributed by atoms with van der Waals surface area (Å²) in [6.07, 6.45) is 0. The van der Waals surface area contributed by atoms with Crippen molar-refractivity contribution in [3.8, 4) is 0 Å². The van der Waals surface area contributed by atoms with Crippen molar-refractivity contribution in [1.82, 2.24) is 4.98 Å². The first kappa shape index (κ1) is 14.9. The van der Waals surface area contributed by atoms with E-state index in [1.807, 2.05) is 23.6 Å². The van der Waals surface area contributed by atoms with Crippen LogP contribution in [0.2, 0.25) is 0 Å². The number of hydrogen-bond acceptors (Lipinski definition) is 6. The SMILES string of the molecule is CCNc1ccc([N+](=O)[O-])c(N2CCSC(C)(C)C2)n1. The van der Waals surface area contributed by atoms with Gasteiger partial charge in [-0.25, -0.2) is 4.98 Å². The number of nitrogens with one attached hydrogen (secondary N) is 1. The third kappa shape index (κ3) is 3.33. The summed E-state index contributed by atoms with van der Waals surface area (Å²) in [7, 11) is 0. The van der Waals surface area contributed by atoms with E-state index in [0.29, 0.717) is 11.6 Å². The molecule has 1 saturated heterocycles. The summed E-state index contributed by atoms with van der Waals surface area (Å²) in [6.45, 7) is 8.58. The Morgan fingerprint density at radius 3 is 2.90 bits per heavy atom. The number of hydrogen-bond donors (Lipinski definition) is 1. The molecule has 0 atom stereocenters. The Labute approximate surface area is 123 Å². The van der Waals surface area contributed by atoms with E-state index in [1.54, 1.807) is 6.07 Å². The van der Waals surface area contributed by atoms with Crippen LogP contribution < -0.4 is 10.2 Å². The second kappa shape index (κ2) is 5.87. The predicted octanol–water partition coefficient (Wildman–Crippen LogP) is 2.75. The lowest BCUT2D eigenvalue weighted by Crippen LogP contribution is -2.43. The van der Waals surface area contributed by atoms with Gasteiger partial charge in [-0.05, 0) is 26.8 Å². The van der Waals surface area contributed by atoms with Gasteiger partial charge >= 0.3 is 5.69 Å². The number of nitrogens with zero attached hydrogens (tertiary/aromatic N) is 3. The van der Waals surface area contributed by atoms with Gasteiger partial charge in [-0.15, -0.1) is 0 Å².